The second-order valence-electron chi connectivity index (χ2n) is 7.78. The van der Waals surface area contributed by atoms with E-state index in [1.165, 1.54) is 18.4 Å². The lowest BCUT2D eigenvalue weighted by Gasteiger charge is -2.28. The lowest BCUT2D eigenvalue weighted by molar-refractivity contribution is 0.224. The van der Waals surface area contributed by atoms with Gasteiger partial charge in [0.15, 0.2) is 11.5 Å². The quantitative estimate of drug-likeness (QED) is 0.642. The van der Waals surface area contributed by atoms with Crippen molar-refractivity contribution in [2.24, 2.45) is 0 Å². The van der Waals surface area contributed by atoms with Gasteiger partial charge in [0, 0.05) is 24.7 Å². The molecular formula is C24H34N2O3. The Kier molecular flexibility index (Phi) is 7.78. The molecule has 0 bridgehead atoms. The van der Waals surface area contributed by atoms with Crippen molar-refractivity contribution in [2.75, 3.05) is 33.9 Å². The van der Waals surface area contributed by atoms with Gasteiger partial charge in [-0.05, 0) is 63.5 Å². The average molecular weight is 399 g/mol. The molecule has 158 valence electrons. The van der Waals surface area contributed by atoms with Crippen LogP contribution in [0, 0.1) is 0 Å². The van der Waals surface area contributed by atoms with Crippen molar-refractivity contribution in [1.82, 2.24) is 10.2 Å². The third kappa shape index (κ3) is 5.64. The van der Waals surface area contributed by atoms with Gasteiger partial charge in [-0.2, -0.15) is 0 Å². The topological polar surface area (TPSA) is 43.0 Å². The smallest absolute Gasteiger partial charge is 0.166 e. The molecule has 1 N–H and O–H groups in total. The Balaban J connectivity index is 1.71. The van der Waals surface area contributed by atoms with Crippen molar-refractivity contribution in [3.05, 3.63) is 53.6 Å². The van der Waals surface area contributed by atoms with Crippen LogP contribution < -0.4 is 19.5 Å². The normalized spacial score (nSPS) is 15.5. The number of likely N-dealkylation sites (tertiary alicyclic amines) is 1. The maximum absolute atomic E-state index is 6.05. The number of ether oxygens (including phenoxy) is 3. The van der Waals surface area contributed by atoms with E-state index >= 15 is 0 Å². The lowest BCUT2D eigenvalue weighted by atomic mass is 10.0. The molecule has 1 fully saturated rings. The minimum Gasteiger partial charge on any atom is -0.497 e. The molecule has 5 heteroatoms. The van der Waals surface area contributed by atoms with E-state index in [2.05, 4.69) is 40.5 Å². The molecule has 5 nitrogen and oxygen atoms in total. The first-order valence-electron chi connectivity index (χ1n) is 10.5. The highest BCUT2D eigenvalue weighted by Gasteiger charge is 2.23. The van der Waals surface area contributed by atoms with E-state index in [1.807, 2.05) is 26.0 Å². The Morgan fingerprint density at radius 3 is 2.31 bits per heavy atom. The van der Waals surface area contributed by atoms with Crippen LogP contribution in [0.2, 0.25) is 0 Å². The summed E-state index contributed by atoms with van der Waals surface area (Å²) in [5.41, 5.74) is 2.44. The largest absolute Gasteiger partial charge is 0.497 e. The van der Waals surface area contributed by atoms with Gasteiger partial charge in [-0.25, -0.2) is 0 Å². The van der Waals surface area contributed by atoms with E-state index in [0.717, 1.165) is 49.0 Å². The van der Waals surface area contributed by atoms with Gasteiger partial charge in [0.25, 0.3) is 0 Å². The van der Waals surface area contributed by atoms with Crippen LogP contribution in [-0.4, -0.2) is 44.9 Å². The van der Waals surface area contributed by atoms with Gasteiger partial charge in [0.2, 0.25) is 0 Å². The SMILES string of the molecule is COc1ccc(C(CNCc2cccc(OC)c2OC(C)C)N2CCCC2)cc1. The van der Waals surface area contributed by atoms with Gasteiger partial charge >= 0.3 is 0 Å². The van der Waals surface area contributed by atoms with Gasteiger partial charge in [0.1, 0.15) is 5.75 Å². The molecule has 2 aromatic carbocycles. The summed E-state index contributed by atoms with van der Waals surface area (Å²) in [6.07, 6.45) is 2.64. The van der Waals surface area contributed by atoms with Crippen molar-refractivity contribution in [1.29, 1.82) is 0 Å². The summed E-state index contributed by atoms with van der Waals surface area (Å²) in [6, 6.07) is 14.9. The molecule has 1 aliphatic rings. The summed E-state index contributed by atoms with van der Waals surface area (Å²) in [4.78, 5) is 2.58. The summed E-state index contributed by atoms with van der Waals surface area (Å²) in [5, 5.41) is 3.66. The van der Waals surface area contributed by atoms with Crippen molar-refractivity contribution in [3.8, 4) is 17.2 Å². The first-order chi connectivity index (χ1) is 14.1. The summed E-state index contributed by atoms with van der Waals surface area (Å²) < 4.78 is 16.9. The van der Waals surface area contributed by atoms with Gasteiger partial charge in [-0.15, -0.1) is 0 Å². The molecule has 1 saturated heterocycles. The van der Waals surface area contributed by atoms with Gasteiger partial charge < -0.3 is 19.5 Å². The van der Waals surface area contributed by atoms with Crippen LogP contribution >= 0.6 is 0 Å². The third-order valence-electron chi connectivity index (χ3n) is 5.37. The van der Waals surface area contributed by atoms with E-state index in [4.69, 9.17) is 14.2 Å². The zero-order chi connectivity index (χ0) is 20.6. The molecule has 1 unspecified atom stereocenters. The summed E-state index contributed by atoms with van der Waals surface area (Å²) >= 11 is 0. The van der Waals surface area contributed by atoms with Crippen LogP contribution in [0.3, 0.4) is 0 Å². The molecule has 1 aliphatic heterocycles. The van der Waals surface area contributed by atoms with Crippen LogP contribution in [0.15, 0.2) is 42.5 Å². The summed E-state index contributed by atoms with van der Waals surface area (Å²) in [7, 11) is 3.40. The number of methoxy groups -OCH3 is 2. The van der Waals surface area contributed by atoms with Gasteiger partial charge in [-0.3, -0.25) is 4.90 Å². The molecule has 0 radical (unpaired) electrons. The third-order valence-corrected chi connectivity index (χ3v) is 5.37. The van der Waals surface area contributed by atoms with E-state index in [9.17, 15) is 0 Å². The van der Waals surface area contributed by atoms with E-state index in [-0.39, 0.29) is 6.10 Å². The highest BCUT2D eigenvalue weighted by Crippen LogP contribution is 2.32. The Hall–Kier alpha value is -2.24. The molecule has 1 atom stereocenters. The number of nitrogens with one attached hydrogen (secondary N) is 1. The molecule has 3 rings (SSSR count). The first-order valence-corrected chi connectivity index (χ1v) is 10.5. The second-order valence-corrected chi connectivity index (χ2v) is 7.78. The van der Waals surface area contributed by atoms with Crippen LogP contribution in [0.25, 0.3) is 0 Å². The number of hydrogen-bond donors (Lipinski definition) is 1. The minimum atomic E-state index is 0.0988. The number of benzene rings is 2. The Bertz CT molecular complexity index is 755. The molecule has 0 spiro atoms. The Morgan fingerprint density at radius 2 is 1.69 bits per heavy atom. The number of para-hydroxylation sites is 1. The fraction of sp³-hybridized carbons (Fsp3) is 0.500. The fourth-order valence-electron chi connectivity index (χ4n) is 3.91. The van der Waals surface area contributed by atoms with Crippen molar-refractivity contribution in [3.63, 3.8) is 0 Å². The highest BCUT2D eigenvalue weighted by molar-refractivity contribution is 5.46. The monoisotopic (exact) mass is 398 g/mol. The van der Waals surface area contributed by atoms with Crippen molar-refractivity contribution < 1.29 is 14.2 Å². The summed E-state index contributed by atoms with van der Waals surface area (Å²) in [5.74, 6) is 2.51. The van der Waals surface area contributed by atoms with Crippen molar-refractivity contribution >= 4 is 0 Å². The zero-order valence-electron chi connectivity index (χ0n) is 18.1. The van der Waals surface area contributed by atoms with Crippen LogP contribution in [-0.2, 0) is 6.54 Å². The van der Waals surface area contributed by atoms with Crippen molar-refractivity contribution in [2.45, 2.75) is 45.4 Å². The molecule has 0 saturated carbocycles. The molecule has 0 aliphatic carbocycles. The predicted molar refractivity (Wildman–Crippen MR) is 117 cm³/mol. The number of rotatable bonds is 10. The average Bonchev–Trinajstić information content (AvgIpc) is 3.26. The van der Waals surface area contributed by atoms with Crippen LogP contribution in [0.5, 0.6) is 17.2 Å². The number of nitrogens with zero attached hydrogens (tertiary/aromatic N) is 1. The molecule has 0 aromatic heterocycles. The lowest BCUT2D eigenvalue weighted by Crippen LogP contribution is -2.34. The van der Waals surface area contributed by atoms with E-state index < -0.39 is 0 Å². The van der Waals surface area contributed by atoms with Gasteiger partial charge in [-0.1, -0.05) is 24.3 Å². The molecular weight excluding hydrogens is 364 g/mol. The maximum atomic E-state index is 6.05. The first kappa shape index (κ1) is 21.5. The Labute approximate surface area is 175 Å². The van der Waals surface area contributed by atoms with E-state index in [1.54, 1.807) is 14.2 Å². The standard InChI is InChI=1S/C24H34N2O3/c1-18(2)29-24-20(8-7-9-23(24)28-4)16-25-17-22(26-14-5-6-15-26)19-10-12-21(27-3)13-11-19/h7-13,18,22,25H,5-6,14-17H2,1-4H3. The number of hydrogen-bond acceptors (Lipinski definition) is 5. The predicted octanol–water partition coefficient (Wildman–Crippen LogP) is 4.42. The zero-order valence-corrected chi connectivity index (χ0v) is 18.1. The minimum absolute atomic E-state index is 0.0988. The Morgan fingerprint density at radius 1 is 0.966 bits per heavy atom. The van der Waals surface area contributed by atoms with Crippen LogP contribution in [0.4, 0.5) is 0 Å². The molecule has 1 heterocycles. The fourth-order valence-corrected chi connectivity index (χ4v) is 3.91. The van der Waals surface area contributed by atoms with Gasteiger partial charge in [0.05, 0.1) is 20.3 Å². The molecule has 0 amide bonds. The maximum Gasteiger partial charge on any atom is 0.166 e. The summed E-state index contributed by atoms with van der Waals surface area (Å²) in [6.45, 7) is 8.00. The molecule has 2 aromatic rings. The highest BCUT2D eigenvalue weighted by atomic mass is 16.5. The van der Waals surface area contributed by atoms with Crippen LogP contribution in [0.1, 0.15) is 43.9 Å². The molecule has 29 heavy (non-hydrogen) atoms. The van der Waals surface area contributed by atoms with E-state index in [0.29, 0.717) is 6.04 Å². The second kappa shape index (κ2) is 10.5.